The first-order chi connectivity index (χ1) is 3.34. The quantitative estimate of drug-likeness (QED) is 0.413. The molecule has 3 atom stereocenters. The van der Waals surface area contributed by atoms with Crippen LogP contribution in [-0.4, -0.2) is 18.8 Å². The number of ether oxygens (including phenoxy) is 1. The van der Waals surface area contributed by atoms with Crippen LogP contribution in [0.1, 0.15) is 6.92 Å². The van der Waals surface area contributed by atoms with Crippen LogP contribution in [0.15, 0.2) is 0 Å². The first kappa shape index (κ1) is 5.49. The standard InChI is InChI=1S/C4H10NOP/c1-3(5-7)4-2-6-4/h3-5H,2,7H2,1H3/t3-,4?/m0/s1. The van der Waals surface area contributed by atoms with Crippen molar-refractivity contribution in [2.24, 2.45) is 0 Å². The lowest BCUT2D eigenvalue weighted by Crippen LogP contribution is -2.21. The van der Waals surface area contributed by atoms with Crippen molar-refractivity contribution < 1.29 is 4.74 Å². The molecule has 0 aromatic carbocycles. The van der Waals surface area contributed by atoms with Gasteiger partial charge in [0.25, 0.3) is 0 Å². The number of epoxide rings is 1. The molecule has 0 aromatic rings. The molecule has 1 aliphatic rings. The summed E-state index contributed by atoms with van der Waals surface area (Å²) in [5, 5.41) is 3.02. The molecule has 1 heterocycles. The van der Waals surface area contributed by atoms with E-state index in [1.807, 2.05) is 0 Å². The third-order valence-corrected chi connectivity index (χ3v) is 1.71. The van der Waals surface area contributed by atoms with Crippen molar-refractivity contribution in [1.29, 1.82) is 0 Å². The van der Waals surface area contributed by atoms with Crippen molar-refractivity contribution in [3.63, 3.8) is 0 Å². The average molecular weight is 119 g/mol. The summed E-state index contributed by atoms with van der Waals surface area (Å²) in [5.41, 5.74) is 0. The fourth-order valence-corrected chi connectivity index (χ4v) is 0.666. The molecule has 2 unspecified atom stereocenters. The van der Waals surface area contributed by atoms with E-state index in [-0.39, 0.29) is 0 Å². The molecule has 0 aromatic heterocycles. The first-order valence-electron chi connectivity index (χ1n) is 2.42. The minimum Gasteiger partial charge on any atom is -0.371 e. The molecule has 1 saturated heterocycles. The minimum atomic E-state index is 0.484. The summed E-state index contributed by atoms with van der Waals surface area (Å²) >= 11 is 0. The van der Waals surface area contributed by atoms with Crippen LogP contribution in [0.5, 0.6) is 0 Å². The van der Waals surface area contributed by atoms with Crippen molar-refractivity contribution in [3.8, 4) is 0 Å². The zero-order chi connectivity index (χ0) is 5.28. The molecule has 0 bridgehead atoms. The maximum absolute atomic E-state index is 4.99. The summed E-state index contributed by atoms with van der Waals surface area (Å²) < 4.78 is 4.99. The van der Waals surface area contributed by atoms with Crippen LogP contribution in [0.3, 0.4) is 0 Å². The van der Waals surface area contributed by atoms with Gasteiger partial charge in [0.2, 0.25) is 0 Å². The molecule has 0 saturated carbocycles. The van der Waals surface area contributed by atoms with E-state index in [0.29, 0.717) is 12.1 Å². The van der Waals surface area contributed by atoms with E-state index < -0.39 is 0 Å². The molecule has 0 spiro atoms. The van der Waals surface area contributed by atoms with Gasteiger partial charge in [-0.1, -0.05) is 9.39 Å². The highest BCUT2D eigenvalue weighted by molar-refractivity contribution is 7.13. The molecule has 0 aliphatic carbocycles. The molecule has 2 nitrogen and oxygen atoms in total. The van der Waals surface area contributed by atoms with Crippen LogP contribution >= 0.6 is 9.39 Å². The predicted molar refractivity (Wildman–Crippen MR) is 32.0 cm³/mol. The Bertz CT molecular complexity index is 64.7. The van der Waals surface area contributed by atoms with Crippen LogP contribution < -0.4 is 5.09 Å². The van der Waals surface area contributed by atoms with Crippen LogP contribution in [-0.2, 0) is 4.74 Å². The Hall–Kier alpha value is 0.350. The van der Waals surface area contributed by atoms with Gasteiger partial charge in [-0.05, 0) is 6.92 Å². The average Bonchev–Trinajstić information content (AvgIpc) is 2.44. The molecule has 1 N–H and O–H groups in total. The number of hydrogen-bond donors (Lipinski definition) is 1. The third-order valence-electron chi connectivity index (χ3n) is 1.18. The van der Waals surface area contributed by atoms with Crippen LogP contribution in [0.4, 0.5) is 0 Å². The zero-order valence-corrected chi connectivity index (χ0v) is 5.50. The summed E-state index contributed by atoms with van der Waals surface area (Å²) in [4.78, 5) is 0. The van der Waals surface area contributed by atoms with E-state index in [9.17, 15) is 0 Å². The van der Waals surface area contributed by atoms with E-state index in [4.69, 9.17) is 4.74 Å². The maximum atomic E-state index is 4.99. The van der Waals surface area contributed by atoms with Gasteiger partial charge < -0.3 is 4.74 Å². The lowest BCUT2D eigenvalue weighted by molar-refractivity contribution is 0.374. The predicted octanol–water partition coefficient (Wildman–Crippen LogP) is 0.153. The summed E-state index contributed by atoms with van der Waals surface area (Å²) in [7, 11) is 2.47. The molecule has 1 rings (SSSR count). The molecule has 7 heavy (non-hydrogen) atoms. The van der Waals surface area contributed by atoms with E-state index in [0.717, 1.165) is 6.61 Å². The van der Waals surface area contributed by atoms with Crippen molar-refractivity contribution >= 4 is 9.39 Å². The van der Waals surface area contributed by atoms with Crippen molar-refractivity contribution in [2.75, 3.05) is 6.61 Å². The second-order valence-corrected chi connectivity index (χ2v) is 2.16. The number of nitrogens with one attached hydrogen (secondary N) is 1. The topological polar surface area (TPSA) is 24.6 Å². The van der Waals surface area contributed by atoms with E-state index >= 15 is 0 Å². The monoisotopic (exact) mass is 119 g/mol. The Balaban J connectivity index is 2.10. The second kappa shape index (κ2) is 2.08. The van der Waals surface area contributed by atoms with Gasteiger partial charge in [0.1, 0.15) is 0 Å². The van der Waals surface area contributed by atoms with Crippen molar-refractivity contribution in [3.05, 3.63) is 0 Å². The number of rotatable bonds is 2. The van der Waals surface area contributed by atoms with Gasteiger partial charge in [0.15, 0.2) is 0 Å². The van der Waals surface area contributed by atoms with Gasteiger partial charge in [-0.25, -0.2) is 0 Å². The molecule has 42 valence electrons. The van der Waals surface area contributed by atoms with E-state index in [2.05, 4.69) is 21.4 Å². The number of hydrogen-bond acceptors (Lipinski definition) is 2. The van der Waals surface area contributed by atoms with Crippen LogP contribution in [0, 0.1) is 0 Å². The van der Waals surface area contributed by atoms with Gasteiger partial charge in [-0.3, -0.25) is 5.09 Å². The summed E-state index contributed by atoms with van der Waals surface area (Å²) in [6.45, 7) is 3.03. The smallest absolute Gasteiger partial charge is 0.0962 e. The molecule has 0 amide bonds. The Labute approximate surface area is 45.9 Å². The fourth-order valence-electron chi connectivity index (χ4n) is 0.452. The van der Waals surface area contributed by atoms with Crippen molar-refractivity contribution in [2.45, 2.75) is 19.1 Å². The highest BCUT2D eigenvalue weighted by Crippen LogP contribution is 2.13. The lowest BCUT2D eigenvalue weighted by Gasteiger charge is -2.01. The molecular weight excluding hydrogens is 109 g/mol. The Morgan fingerprint density at radius 1 is 2.00 bits per heavy atom. The minimum absolute atomic E-state index is 0.484. The molecule has 3 heteroatoms. The van der Waals surface area contributed by atoms with Gasteiger partial charge in [-0.2, -0.15) is 0 Å². The Kier molecular flexibility index (Phi) is 1.63. The van der Waals surface area contributed by atoms with Gasteiger partial charge in [0.05, 0.1) is 12.7 Å². The largest absolute Gasteiger partial charge is 0.371 e. The molecule has 0 radical (unpaired) electrons. The first-order valence-corrected chi connectivity index (χ1v) is 3.00. The fraction of sp³-hybridized carbons (Fsp3) is 1.00. The van der Waals surface area contributed by atoms with Gasteiger partial charge in [-0.15, -0.1) is 0 Å². The Morgan fingerprint density at radius 2 is 2.57 bits per heavy atom. The maximum Gasteiger partial charge on any atom is 0.0962 e. The molecule has 1 fully saturated rings. The van der Waals surface area contributed by atoms with Crippen LogP contribution in [0.2, 0.25) is 0 Å². The lowest BCUT2D eigenvalue weighted by atomic mass is 10.3. The van der Waals surface area contributed by atoms with E-state index in [1.165, 1.54) is 0 Å². The molecular formula is C4H10NOP. The van der Waals surface area contributed by atoms with Gasteiger partial charge >= 0.3 is 0 Å². The SMILES string of the molecule is C[C@H](NP)C1CO1. The highest BCUT2D eigenvalue weighted by Gasteiger charge is 2.27. The highest BCUT2D eigenvalue weighted by atomic mass is 31.0. The summed E-state index contributed by atoms with van der Waals surface area (Å²) in [6, 6.07) is 0.505. The second-order valence-electron chi connectivity index (χ2n) is 1.83. The summed E-state index contributed by atoms with van der Waals surface area (Å²) in [6.07, 6.45) is 0.484. The van der Waals surface area contributed by atoms with Crippen LogP contribution in [0.25, 0.3) is 0 Å². The van der Waals surface area contributed by atoms with Crippen molar-refractivity contribution in [1.82, 2.24) is 5.09 Å². The normalized spacial score (nSPS) is 32.6. The van der Waals surface area contributed by atoms with Gasteiger partial charge in [0, 0.05) is 6.04 Å². The summed E-state index contributed by atoms with van der Waals surface area (Å²) in [5.74, 6) is 0. The Morgan fingerprint density at radius 3 is 2.71 bits per heavy atom. The zero-order valence-electron chi connectivity index (χ0n) is 4.35. The third kappa shape index (κ3) is 1.37. The van der Waals surface area contributed by atoms with E-state index in [1.54, 1.807) is 0 Å². The molecule has 1 aliphatic heterocycles.